The van der Waals surface area contributed by atoms with Gasteiger partial charge in [0, 0.05) is 42.8 Å². The molecule has 7 heteroatoms. The molecule has 0 bridgehead atoms. The number of aliphatic hydroxyl groups excluding tert-OH is 1. The van der Waals surface area contributed by atoms with Gasteiger partial charge in [-0.05, 0) is 43.3 Å². The quantitative estimate of drug-likeness (QED) is 0.456. The zero-order valence-electron chi connectivity index (χ0n) is 15.7. The second kappa shape index (κ2) is 7.92. The van der Waals surface area contributed by atoms with Crippen LogP contribution in [-0.4, -0.2) is 39.8 Å². The number of hydrogen-bond donors (Lipinski definition) is 3. The van der Waals surface area contributed by atoms with E-state index in [0.29, 0.717) is 6.54 Å². The fourth-order valence-electron chi connectivity index (χ4n) is 2.81. The molecule has 0 saturated carbocycles. The van der Waals surface area contributed by atoms with Crippen molar-refractivity contribution in [3.05, 3.63) is 54.9 Å². The van der Waals surface area contributed by atoms with Crippen LogP contribution in [0.4, 0.5) is 11.5 Å². The van der Waals surface area contributed by atoms with E-state index in [2.05, 4.69) is 26.7 Å². The zero-order chi connectivity index (χ0) is 19.5. The molecule has 0 saturated heterocycles. The van der Waals surface area contributed by atoms with Gasteiger partial charge >= 0.3 is 0 Å². The predicted octanol–water partition coefficient (Wildman–Crippen LogP) is 4.25. The summed E-state index contributed by atoms with van der Waals surface area (Å²) in [4.78, 5) is 13.6. The fourth-order valence-corrected chi connectivity index (χ4v) is 3.80. The monoisotopic (exact) mass is 391 g/mol. The summed E-state index contributed by atoms with van der Waals surface area (Å²) in [7, 11) is 1.85. The molecule has 0 aliphatic rings. The summed E-state index contributed by atoms with van der Waals surface area (Å²) in [6.45, 7) is 2.28. The van der Waals surface area contributed by atoms with Gasteiger partial charge < -0.3 is 15.7 Å². The Morgan fingerprint density at radius 3 is 2.46 bits per heavy atom. The number of rotatable bonds is 6. The average molecular weight is 392 g/mol. The van der Waals surface area contributed by atoms with Crippen LogP contribution in [0.2, 0.25) is 0 Å². The van der Waals surface area contributed by atoms with Crippen molar-refractivity contribution in [1.29, 1.82) is 0 Å². The molecule has 3 N–H and O–H groups in total. The van der Waals surface area contributed by atoms with Gasteiger partial charge in [0.15, 0.2) is 0 Å². The normalized spacial score (nSPS) is 12.1. The minimum Gasteiger partial charge on any atom is -0.392 e. The molecular weight excluding hydrogens is 370 g/mol. The molecule has 4 rings (SSSR count). The first-order valence-electron chi connectivity index (χ1n) is 9.05. The molecule has 142 valence electrons. The molecule has 0 amide bonds. The highest BCUT2D eigenvalue weighted by molar-refractivity contribution is 7.21. The lowest BCUT2D eigenvalue weighted by molar-refractivity contribution is 0.208. The van der Waals surface area contributed by atoms with Gasteiger partial charge in [-0.25, -0.2) is 9.97 Å². The number of fused-ring (bicyclic) bond motifs is 1. The highest BCUT2D eigenvalue weighted by Crippen LogP contribution is 2.31. The first-order valence-corrected chi connectivity index (χ1v) is 9.87. The Labute approximate surface area is 167 Å². The Morgan fingerprint density at radius 2 is 1.82 bits per heavy atom. The van der Waals surface area contributed by atoms with Crippen molar-refractivity contribution in [3.63, 3.8) is 0 Å². The summed E-state index contributed by atoms with van der Waals surface area (Å²) in [5.41, 5.74) is 4.81. The van der Waals surface area contributed by atoms with E-state index in [1.165, 1.54) is 0 Å². The maximum absolute atomic E-state index is 9.42. The zero-order valence-corrected chi connectivity index (χ0v) is 16.5. The van der Waals surface area contributed by atoms with Crippen molar-refractivity contribution < 1.29 is 5.11 Å². The summed E-state index contributed by atoms with van der Waals surface area (Å²) >= 11 is 1.61. The highest BCUT2D eigenvalue weighted by Gasteiger charge is 2.09. The number of anilines is 2. The van der Waals surface area contributed by atoms with Gasteiger partial charge in [-0.3, -0.25) is 4.98 Å². The van der Waals surface area contributed by atoms with Crippen molar-refractivity contribution in [2.45, 2.75) is 13.0 Å². The Balaban J connectivity index is 1.57. The van der Waals surface area contributed by atoms with E-state index < -0.39 is 0 Å². The van der Waals surface area contributed by atoms with Gasteiger partial charge in [0.05, 0.1) is 22.0 Å². The molecule has 3 heterocycles. The summed E-state index contributed by atoms with van der Waals surface area (Å²) in [6.07, 6.45) is 3.30. The minimum atomic E-state index is -0.389. The van der Waals surface area contributed by atoms with E-state index in [1.807, 2.05) is 55.8 Å². The third-order valence-electron chi connectivity index (χ3n) is 4.33. The summed E-state index contributed by atoms with van der Waals surface area (Å²) in [6, 6.07) is 14.0. The molecule has 1 atom stereocenters. The van der Waals surface area contributed by atoms with Crippen LogP contribution < -0.4 is 10.6 Å². The van der Waals surface area contributed by atoms with Gasteiger partial charge in [-0.1, -0.05) is 6.07 Å². The Hall–Kier alpha value is -3.03. The van der Waals surface area contributed by atoms with Crippen LogP contribution in [0, 0.1) is 0 Å². The molecule has 6 nitrogen and oxygen atoms in total. The topological polar surface area (TPSA) is 83.0 Å². The van der Waals surface area contributed by atoms with Crippen molar-refractivity contribution >= 4 is 33.1 Å². The Morgan fingerprint density at radius 1 is 1.04 bits per heavy atom. The third kappa shape index (κ3) is 3.95. The number of benzene rings is 1. The van der Waals surface area contributed by atoms with Crippen LogP contribution in [0.3, 0.4) is 0 Å². The lowest BCUT2D eigenvalue weighted by Gasteiger charge is -2.07. The Bertz CT molecular complexity index is 1070. The number of hydrogen-bond acceptors (Lipinski definition) is 7. The van der Waals surface area contributed by atoms with Gasteiger partial charge in [0.2, 0.25) is 0 Å². The maximum atomic E-state index is 9.42. The van der Waals surface area contributed by atoms with Crippen molar-refractivity contribution in [2.75, 3.05) is 24.2 Å². The summed E-state index contributed by atoms with van der Waals surface area (Å²) in [5.74, 6) is 0.838. The lowest BCUT2D eigenvalue weighted by Crippen LogP contribution is -2.15. The molecule has 1 unspecified atom stereocenters. The van der Waals surface area contributed by atoms with Crippen LogP contribution in [-0.2, 0) is 0 Å². The second-order valence-electron chi connectivity index (χ2n) is 6.55. The van der Waals surface area contributed by atoms with E-state index in [9.17, 15) is 5.11 Å². The second-order valence-corrected chi connectivity index (χ2v) is 7.58. The Kier molecular flexibility index (Phi) is 5.18. The molecule has 0 spiro atoms. The largest absolute Gasteiger partial charge is 0.392 e. The number of nitrogens with one attached hydrogen (secondary N) is 2. The van der Waals surface area contributed by atoms with E-state index in [-0.39, 0.29) is 6.10 Å². The van der Waals surface area contributed by atoms with E-state index in [0.717, 1.165) is 43.6 Å². The number of thiazole rings is 1. The number of aliphatic hydroxyl groups is 1. The molecule has 3 aromatic heterocycles. The minimum absolute atomic E-state index is 0.389. The van der Waals surface area contributed by atoms with Crippen molar-refractivity contribution in [1.82, 2.24) is 15.0 Å². The summed E-state index contributed by atoms with van der Waals surface area (Å²) in [5, 5.41) is 16.5. The molecular formula is C21H21N5OS. The van der Waals surface area contributed by atoms with E-state index in [1.54, 1.807) is 18.3 Å². The van der Waals surface area contributed by atoms with E-state index >= 15 is 0 Å². The molecule has 0 fully saturated rings. The van der Waals surface area contributed by atoms with Crippen molar-refractivity contribution in [2.24, 2.45) is 0 Å². The van der Waals surface area contributed by atoms with E-state index in [4.69, 9.17) is 4.98 Å². The van der Waals surface area contributed by atoms with Gasteiger partial charge in [0.25, 0.3) is 0 Å². The number of pyridine rings is 2. The number of nitrogens with zero attached hydrogens (tertiary/aromatic N) is 3. The molecule has 4 aromatic rings. The standard InChI is InChI=1S/C21H21N5OS/c1-13(27)10-23-16-5-7-17-19(9-16)28-21(26-17)18-6-3-14(11-24-18)15-4-8-20(22-2)25-12-15/h3-9,11-13,23,27H,10H2,1-2H3,(H,22,25). The van der Waals surface area contributed by atoms with Crippen molar-refractivity contribution in [3.8, 4) is 21.8 Å². The summed E-state index contributed by atoms with van der Waals surface area (Å²) < 4.78 is 1.09. The fraction of sp³-hybridized carbons (Fsp3) is 0.190. The van der Waals surface area contributed by atoms with Gasteiger partial charge in [-0.15, -0.1) is 11.3 Å². The average Bonchev–Trinajstić information content (AvgIpc) is 3.16. The van der Waals surface area contributed by atoms with Crippen LogP contribution in [0.1, 0.15) is 6.92 Å². The smallest absolute Gasteiger partial charge is 0.143 e. The molecule has 0 aliphatic carbocycles. The van der Waals surface area contributed by atoms with Crippen LogP contribution in [0.15, 0.2) is 54.9 Å². The van der Waals surface area contributed by atoms with Crippen LogP contribution in [0.5, 0.6) is 0 Å². The SMILES string of the molecule is CNc1ccc(-c2ccc(-c3nc4ccc(NCC(C)O)cc4s3)nc2)cn1. The predicted molar refractivity (Wildman–Crippen MR) is 116 cm³/mol. The highest BCUT2D eigenvalue weighted by atomic mass is 32.1. The molecule has 0 aliphatic heterocycles. The van der Waals surface area contributed by atoms with Crippen LogP contribution >= 0.6 is 11.3 Å². The third-order valence-corrected chi connectivity index (χ3v) is 5.37. The van der Waals surface area contributed by atoms with Gasteiger partial charge in [0.1, 0.15) is 10.8 Å². The van der Waals surface area contributed by atoms with Gasteiger partial charge in [-0.2, -0.15) is 0 Å². The molecule has 28 heavy (non-hydrogen) atoms. The lowest BCUT2D eigenvalue weighted by atomic mass is 10.1. The number of aromatic nitrogens is 3. The maximum Gasteiger partial charge on any atom is 0.143 e. The molecule has 0 radical (unpaired) electrons. The first kappa shape index (κ1) is 18.3. The first-order chi connectivity index (χ1) is 13.6. The van der Waals surface area contributed by atoms with Crippen LogP contribution in [0.25, 0.3) is 32.0 Å². The molecule has 1 aromatic carbocycles.